The summed E-state index contributed by atoms with van der Waals surface area (Å²) < 4.78 is 14.3. The fraction of sp³-hybridized carbons (Fsp3) is 0.577. The highest BCUT2D eigenvalue weighted by Crippen LogP contribution is 2.51. The number of nitrogens with zero attached hydrogens (tertiary/aromatic N) is 5. The summed E-state index contributed by atoms with van der Waals surface area (Å²) in [6.45, 7) is 7.58. The number of piperidine rings is 2. The quantitative estimate of drug-likeness (QED) is 0.720. The third-order valence-electron chi connectivity index (χ3n) is 8.46. The summed E-state index contributed by atoms with van der Waals surface area (Å²) in [5.74, 6) is 1.88. The van der Waals surface area contributed by atoms with Crippen LogP contribution < -0.4 is 10.6 Å². The van der Waals surface area contributed by atoms with E-state index in [2.05, 4.69) is 41.0 Å². The van der Waals surface area contributed by atoms with E-state index in [0.717, 1.165) is 61.1 Å². The van der Waals surface area contributed by atoms with Crippen molar-refractivity contribution in [1.82, 2.24) is 14.9 Å². The highest BCUT2D eigenvalue weighted by atomic mass is 19.1. The zero-order valence-electron chi connectivity index (χ0n) is 19.6. The van der Waals surface area contributed by atoms with E-state index >= 15 is 0 Å². The maximum absolute atomic E-state index is 14.3. The molecule has 1 aliphatic carbocycles. The predicted octanol–water partition coefficient (Wildman–Crippen LogP) is 3.71. The molecule has 7 heteroatoms. The average molecular weight is 449 g/mol. The molecule has 4 heterocycles. The zero-order valence-corrected chi connectivity index (χ0v) is 19.6. The molecule has 174 valence electrons. The Kier molecular flexibility index (Phi) is 4.77. The highest BCUT2D eigenvalue weighted by Gasteiger charge is 2.46. The summed E-state index contributed by atoms with van der Waals surface area (Å²) in [6.07, 6.45) is 4.29. The molecule has 0 amide bonds. The summed E-state index contributed by atoms with van der Waals surface area (Å²) in [7, 11) is 0. The van der Waals surface area contributed by atoms with E-state index in [0.29, 0.717) is 32.5 Å². The second-order valence-electron chi connectivity index (χ2n) is 10.7. The van der Waals surface area contributed by atoms with E-state index in [-0.39, 0.29) is 11.5 Å². The number of rotatable bonds is 1. The first-order valence-corrected chi connectivity index (χ1v) is 12.3. The van der Waals surface area contributed by atoms with Crippen molar-refractivity contribution in [3.63, 3.8) is 0 Å². The first-order chi connectivity index (χ1) is 15.9. The summed E-state index contributed by atoms with van der Waals surface area (Å²) in [5.41, 5.74) is 11.4. The number of aromatic nitrogens is 2. The molecule has 6 rings (SSSR count). The third kappa shape index (κ3) is 3.43. The number of hydrogen-bond donors (Lipinski definition) is 1. The molecule has 2 N–H and O–H groups in total. The number of aliphatic imine (C=N–C) groups is 1. The van der Waals surface area contributed by atoms with Crippen molar-refractivity contribution in [2.75, 3.05) is 31.1 Å². The molecule has 0 saturated carbocycles. The molecule has 0 bridgehead atoms. The van der Waals surface area contributed by atoms with Gasteiger partial charge in [0.15, 0.2) is 5.84 Å². The second kappa shape index (κ2) is 7.49. The predicted molar refractivity (Wildman–Crippen MR) is 128 cm³/mol. The number of alkyl halides is 1. The van der Waals surface area contributed by atoms with Crippen LogP contribution in [0.3, 0.4) is 0 Å². The van der Waals surface area contributed by atoms with Crippen molar-refractivity contribution < 1.29 is 4.39 Å². The molecule has 1 aromatic heterocycles. The largest absolute Gasteiger partial charge is 0.355 e. The fourth-order valence-corrected chi connectivity index (χ4v) is 6.26. The van der Waals surface area contributed by atoms with Crippen molar-refractivity contribution in [1.29, 1.82) is 0 Å². The summed E-state index contributed by atoms with van der Waals surface area (Å²) in [4.78, 5) is 19.3. The lowest BCUT2D eigenvalue weighted by Crippen LogP contribution is -2.45. The molecule has 2 saturated heterocycles. The summed E-state index contributed by atoms with van der Waals surface area (Å²) >= 11 is 0. The van der Waals surface area contributed by atoms with E-state index in [1.54, 1.807) is 6.92 Å². The van der Waals surface area contributed by atoms with Gasteiger partial charge < -0.3 is 15.5 Å². The van der Waals surface area contributed by atoms with Crippen LogP contribution in [-0.4, -0.2) is 52.6 Å². The lowest BCUT2D eigenvalue weighted by molar-refractivity contribution is 0.104. The Hall–Kier alpha value is -2.54. The van der Waals surface area contributed by atoms with Gasteiger partial charge in [-0.25, -0.2) is 14.4 Å². The molecule has 6 nitrogen and oxygen atoms in total. The van der Waals surface area contributed by atoms with Gasteiger partial charge in [0.2, 0.25) is 0 Å². The molecular formula is C26H33FN6. The molecular weight excluding hydrogens is 415 g/mol. The van der Waals surface area contributed by atoms with E-state index in [1.807, 2.05) is 0 Å². The van der Waals surface area contributed by atoms with Crippen LogP contribution in [0.15, 0.2) is 29.3 Å². The standard InChI is InChI=1S/C26H33FN6/c1-17-23(31-20-16-29-24(21(20)30-17)33-11-7-25(2,27)8-12-33)32-13-9-26(10-14-32)15-18-5-3-4-6-19(18)22(26)28/h3-6,22H,7-16,28H2,1-2H3/t22-/m1/s1. The molecule has 2 aromatic rings. The molecule has 3 aliphatic heterocycles. The molecule has 1 aromatic carbocycles. The van der Waals surface area contributed by atoms with E-state index in [9.17, 15) is 4.39 Å². The third-order valence-corrected chi connectivity index (χ3v) is 8.46. The SMILES string of the molecule is Cc1nc2c(nc1N1CCC3(CC1)Cc1ccccc1[C@H]3N)CN=C2N1CCC(C)(F)CC1. The maximum Gasteiger partial charge on any atom is 0.152 e. The van der Waals surface area contributed by atoms with Crippen LogP contribution in [0.5, 0.6) is 0 Å². The molecule has 0 unspecified atom stereocenters. The first-order valence-electron chi connectivity index (χ1n) is 12.3. The van der Waals surface area contributed by atoms with Gasteiger partial charge in [0, 0.05) is 32.2 Å². The number of fused-ring (bicyclic) bond motifs is 2. The van der Waals surface area contributed by atoms with Gasteiger partial charge >= 0.3 is 0 Å². The van der Waals surface area contributed by atoms with E-state index in [1.165, 1.54) is 11.1 Å². The van der Waals surface area contributed by atoms with Crippen LogP contribution in [0.4, 0.5) is 10.2 Å². The number of anilines is 1. The lowest BCUT2D eigenvalue weighted by atomic mass is 9.73. The lowest BCUT2D eigenvalue weighted by Gasteiger charge is -2.43. The minimum atomic E-state index is -1.07. The van der Waals surface area contributed by atoms with Crippen LogP contribution in [0.1, 0.15) is 66.9 Å². The number of likely N-dealkylation sites (tertiary alicyclic amines) is 1. The van der Waals surface area contributed by atoms with Crippen molar-refractivity contribution >= 4 is 11.7 Å². The molecule has 33 heavy (non-hydrogen) atoms. The summed E-state index contributed by atoms with van der Waals surface area (Å²) in [6, 6.07) is 8.78. The number of nitrogens with two attached hydrogens (primary N) is 1. The average Bonchev–Trinajstić information content (AvgIpc) is 3.33. The maximum atomic E-state index is 14.3. The monoisotopic (exact) mass is 448 g/mol. The van der Waals surface area contributed by atoms with Gasteiger partial charge in [0.05, 0.1) is 17.9 Å². The Bertz CT molecular complexity index is 1110. The van der Waals surface area contributed by atoms with Gasteiger partial charge in [-0.2, -0.15) is 0 Å². The first kappa shape index (κ1) is 21.0. The Labute approximate surface area is 195 Å². The van der Waals surface area contributed by atoms with E-state index in [4.69, 9.17) is 20.7 Å². The van der Waals surface area contributed by atoms with Crippen molar-refractivity contribution in [3.05, 3.63) is 52.5 Å². The number of halogens is 1. The van der Waals surface area contributed by atoms with Crippen LogP contribution in [0.25, 0.3) is 0 Å². The Balaban J connectivity index is 1.18. The number of hydrogen-bond acceptors (Lipinski definition) is 6. The van der Waals surface area contributed by atoms with Gasteiger partial charge in [0.25, 0.3) is 0 Å². The molecule has 2 fully saturated rings. The van der Waals surface area contributed by atoms with Crippen molar-refractivity contribution in [2.24, 2.45) is 16.1 Å². The molecule has 1 atom stereocenters. The normalized spacial score (nSPS) is 25.2. The smallest absolute Gasteiger partial charge is 0.152 e. The molecule has 0 radical (unpaired) electrons. The van der Waals surface area contributed by atoms with Crippen LogP contribution >= 0.6 is 0 Å². The van der Waals surface area contributed by atoms with Crippen molar-refractivity contribution in [3.8, 4) is 0 Å². The number of benzene rings is 1. The van der Waals surface area contributed by atoms with Gasteiger partial charge in [0.1, 0.15) is 17.2 Å². The van der Waals surface area contributed by atoms with Gasteiger partial charge in [-0.15, -0.1) is 0 Å². The van der Waals surface area contributed by atoms with Crippen LogP contribution in [-0.2, 0) is 13.0 Å². The fourth-order valence-electron chi connectivity index (χ4n) is 6.26. The highest BCUT2D eigenvalue weighted by molar-refractivity contribution is 6.00. The molecule has 1 spiro atoms. The van der Waals surface area contributed by atoms with Gasteiger partial charge in [-0.1, -0.05) is 24.3 Å². The minimum absolute atomic E-state index is 0.120. The zero-order chi connectivity index (χ0) is 22.8. The van der Waals surface area contributed by atoms with Gasteiger partial charge in [-0.3, -0.25) is 4.99 Å². The van der Waals surface area contributed by atoms with Crippen LogP contribution in [0, 0.1) is 12.3 Å². The second-order valence-corrected chi connectivity index (χ2v) is 10.7. The van der Waals surface area contributed by atoms with Crippen LogP contribution in [0.2, 0.25) is 0 Å². The number of aryl methyl sites for hydroxylation is 1. The minimum Gasteiger partial charge on any atom is -0.355 e. The molecule has 4 aliphatic rings. The summed E-state index contributed by atoms with van der Waals surface area (Å²) in [5, 5.41) is 0. The Morgan fingerprint density at radius 2 is 1.70 bits per heavy atom. The topological polar surface area (TPSA) is 70.6 Å². The Morgan fingerprint density at radius 1 is 1.00 bits per heavy atom. The number of amidine groups is 1. The van der Waals surface area contributed by atoms with Crippen molar-refractivity contribution in [2.45, 2.75) is 64.2 Å². The Morgan fingerprint density at radius 3 is 2.42 bits per heavy atom. The van der Waals surface area contributed by atoms with Gasteiger partial charge in [-0.05, 0) is 62.5 Å². The van der Waals surface area contributed by atoms with E-state index < -0.39 is 5.67 Å².